The van der Waals surface area contributed by atoms with Gasteiger partial charge in [-0.05, 0) is 33.6 Å². The zero-order valence-electron chi connectivity index (χ0n) is 11.5. The predicted molar refractivity (Wildman–Crippen MR) is 70.4 cm³/mol. The first-order valence-corrected chi connectivity index (χ1v) is 6.49. The summed E-state index contributed by atoms with van der Waals surface area (Å²) in [6, 6.07) is 0. The van der Waals surface area contributed by atoms with Crippen LogP contribution in [0.5, 0.6) is 0 Å². The van der Waals surface area contributed by atoms with E-state index in [0.29, 0.717) is 6.42 Å². The Kier molecular flexibility index (Phi) is 3.24. The molecule has 100 valence electrons. The summed E-state index contributed by atoms with van der Waals surface area (Å²) in [5.74, 6) is 0.119. The number of Topliss-reactive ketones (excluding diaryl/α,β-unsaturated/α-hetero) is 1. The van der Waals surface area contributed by atoms with Gasteiger partial charge in [-0.3, -0.25) is 4.79 Å². The maximum Gasteiger partial charge on any atom is 0.169 e. The number of carbonyl (C=O) groups is 1. The van der Waals surface area contributed by atoms with Gasteiger partial charge in [-0.25, -0.2) is 0 Å². The first-order chi connectivity index (χ1) is 8.31. The Hall–Kier alpha value is -0.930. The summed E-state index contributed by atoms with van der Waals surface area (Å²) in [6.45, 7) is 13.4. The Bertz CT molecular complexity index is 401. The minimum atomic E-state index is -0.829. The van der Waals surface area contributed by atoms with Crippen molar-refractivity contribution in [3.8, 4) is 0 Å². The van der Waals surface area contributed by atoms with Gasteiger partial charge in [-0.1, -0.05) is 18.2 Å². The Morgan fingerprint density at radius 3 is 2.56 bits per heavy atom. The molecule has 0 aromatic heterocycles. The molecule has 2 rings (SSSR count). The molecule has 0 saturated carbocycles. The molecular formula is C15H22O3. The predicted octanol–water partition coefficient (Wildman–Crippen LogP) is 2.80. The maximum atomic E-state index is 12.2. The van der Waals surface area contributed by atoms with Crippen LogP contribution in [0.2, 0.25) is 0 Å². The van der Waals surface area contributed by atoms with Crippen molar-refractivity contribution in [1.29, 1.82) is 0 Å². The molecule has 2 aliphatic rings. The number of hydrogen-bond donors (Lipinski definition) is 0. The summed E-state index contributed by atoms with van der Waals surface area (Å²) < 4.78 is 11.9. The van der Waals surface area contributed by atoms with E-state index in [1.54, 1.807) is 0 Å². The average molecular weight is 250 g/mol. The van der Waals surface area contributed by atoms with Crippen molar-refractivity contribution in [3.63, 3.8) is 0 Å². The molecule has 18 heavy (non-hydrogen) atoms. The smallest absolute Gasteiger partial charge is 0.169 e. The average Bonchev–Trinajstić information content (AvgIpc) is 2.84. The van der Waals surface area contributed by atoms with Gasteiger partial charge in [0.25, 0.3) is 0 Å². The summed E-state index contributed by atoms with van der Waals surface area (Å²) in [4.78, 5) is 12.2. The molecular weight excluding hydrogens is 228 g/mol. The zero-order valence-corrected chi connectivity index (χ0v) is 11.5. The first-order valence-electron chi connectivity index (χ1n) is 6.49. The van der Waals surface area contributed by atoms with Gasteiger partial charge in [-0.2, -0.15) is 0 Å². The van der Waals surface area contributed by atoms with Crippen LogP contribution in [0.25, 0.3) is 0 Å². The monoisotopic (exact) mass is 250 g/mol. The molecule has 2 heterocycles. The van der Waals surface area contributed by atoms with Crippen LogP contribution in [0, 0.1) is 0 Å². The number of hydrogen-bond acceptors (Lipinski definition) is 3. The van der Waals surface area contributed by atoms with Crippen LogP contribution in [-0.4, -0.2) is 29.2 Å². The van der Waals surface area contributed by atoms with E-state index in [9.17, 15) is 4.79 Å². The van der Waals surface area contributed by atoms with Crippen molar-refractivity contribution >= 4 is 5.78 Å². The minimum Gasteiger partial charge on any atom is -0.365 e. The number of ether oxygens (including phenoxy) is 2. The van der Waals surface area contributed by atoms with Crippen LogP contribution in [0.15, 0.2) is 24.8 Å². The molecule has 2 aliphatic heterocycles. The lowest BCUT2D eigenvalue weighted by molar-refractivity contribution is -0.155. The second kappa shape index (κ2) is 4.32. The molecule has 0 aliphatic carbocycles. The number of rotatable bonds is 3. The van der Waals surface area contributed by atoms with Gasteiger partial charge in [0, 0.05) is 6.42 Å². The van der Waals surface area contributed by atoms with E-state index in [0.717, 1.165) is 18.4 Å². The molecule has 3 nitrogen and oxygen atoms in total. The van der Waals surface area contributed by atoms with Gasteiger partial charge in [0.2, 0.25) is 0 Å². The van der Waals surface area contributed by atoms with Crippen molar-refractivity contribution in [3.05, 3.63) is 24.8 Å². The molecule has 2 fully saturated rings. The highest BCUT2D eigenvalue weighted by atomic mass is 16.6. The summed E-state index contributed by atoms with van der Waals surface area (Å²) >= 11 is 0. The van der Waals surface area contributed by atoms with E-state index < -0.39 is 5.60 Å². The molecule has 0 aromatic rings. The van der Waals surface area contributed by atoms with Gasteiger partial charge in [0.15, 0.2) is 11.4 Å². The molecule has 0 unspecified atom stereocenters. The second-order valence-electron chi connectivity index (χ2n) is 5.85. The molecule has 0 radical (unpaired) electrons. The van der Waals surface area contributed by atoms with E-state index in [-0.39, 0.29) is 23.6 Å². The summed E-state index contributed by atoms with van der Waals surface area (Å²) in [5.41, 5.74) is -0.264. The fourth-order valence-corrected chi connectivity index (χ4v) is 2.70. The van der Waals surface area contributed by atoms with Crippen LogP contribution in [0.4, 0.5) is 0 Å². The van der Waals surface area contributed by atoms with Gasteiger partial charge in [0.1, 0.15) is 0 Å². The number of ketones is 1. The zero-order chi connectivity index (χ0) is 13.6. The van der Waals surface area contributed by atoms with Crippen molar-refractivity contribution in [2.75, 3.05) is 0 Å². The molecule has 3 heteroatoms. The second-order valence-corrected chi connectivity index (χ2v) is 5.85. The third kappa shape index (κ3) is 2.06. The molecule has 0 aromatic carbocycles. The Morgan fingerprint density at radius 1 is 1.44 bits per heavy atom. The third-order valence-corrected chi connectivity index (χ3v) is 4.22. The van der Waals surface area contributed by atoms with Gasteiger partial charge in [0.05, 0.1) is 17.8 Å². The van der Waals surface area contributed by atoms with E-state index >= 15 is 0 Å². The third-order valence-electron chi connectivity index (χ3n) is 4.22. The molecule has 0 N–H and O–H groups in total. The van der Waals surface area contributed by atoms with Crippen LogP contribution < -0.4 is 0 Å². The van der Waals surface area contributed by atoms with Crippen LogP contribution in [0.1, 0.15) is 40.0 Å². The fourth-order valence-electron chi connectivity index (χ4n) is 2.70. The largest absolute Gasteiger partial charge is 0.365 e. The van der Waals surface area contributed by atoms with Crippen molar-refractivity contribution in [2.24, 2.45) is 0 Å². The molecule has 4 atom stereocenters. The lowest BCUT2D eigenvalue weighted by atomic mass is 9.91. The molecule has 2 saturated heterocycles. The van der Waals surface area contributed by atoms with Crippen molar-refractivity contribution in [2.45, 2.75) is 63.4 Å². The Balaban J connectivity index is 2.16. The quantitative estimate of drug-likeness (QED) is 0.722. The van der Waals surface area contributed by atoms with Crippen LogP contribution in [0.3, 0.4) is 0 Å². The van der Waals surface area contributed by atoms with Gasteiger partial charge >= 0.3 is 0 Å². The molecule has 0 spiro atoms. The van der Waals surface area contributed by atoms with E-state index in [1.807, 2.05) is 26.8 Å². The van der Waals surface area contributed by atoms with Crippen molar-refractivity contribution < 1.29 is 14.3 Å². The van der Waals surface area contributed by atoms with Gasteiger partial charge < -0.3 is 9.47 Å². The highest BCUT2D eigenvalue weighted by molar-refractivity contribution is 5.90. The normalized spacial score (nSPS) is 44.3. The molecule has 0 amide bonds. The fraction of sp³-hybridized carbons (Fsp3) is 0.667. The highest BCUT2D eigenvalue weighted by Gasteiger charge is 2.54. The van der Waals surface area contributed by atoms with Gasteiger partial charge in [-0.15, -0.1) is 6.58 Å². The highest BCUT2D eigenvalue weighted by Crippen LogP contribution is 2.42. The topological polar surface area (TPSA) is 35.5 Å². The van der Waals surface area contributed by atoms with Crippen molar-refractivity contribution in [1.82, 2.24) is 0 Å². The first kappa shape index (κ1) is 13.5. The summed E-state index contributed by atoms with van der Waals surface area (Å²) in [5, 5.41) is 0. The standard InChI is InChI=1S/C15H22O3/c1-6-14(4)8-7-13(18-14)15(5)12(16)9-11(17-15)10(2)3/h6,11,13H,1-2,7-9H2,3-5H3/t11-,13+,14-,15+/m1/s1. The van der Waals surface area contributed by atoms with Crippen LogP contribution >= 0.6 is 0 Å². The van der Waals surface area contributed by atoms with E-state index in [4.69, 9.17) is 9.47 Å². The Labute approximate surface area is 109 Å². The lowest BCUT2D eigenvalue weighted by Gasteiger charge is -2.31. The molecule has 0 bridgehead atoms. The minimum absolute atomic E-state index is 0.119. The summed E-state index contributed by atoms with van der Waals surface area (Å²) in [7, 11) is 0. The SMILES string of the molecule is C=C[C@]1(C)CC[C@@H]([C@@]2(C)O[C@@H](C(=C)C)CC2=O)O1. The summed E-state index contributed by atoms with van der Waals surface area (Å²) in [6.07, 6.45) is 3.58. The maximum absolute atomic E-state index is 12.2. The number of carbonyl (C=O) groups excluding carboxylic acids is 1. The van der Waals surface area contributed by atoms with E-state index in [1.165, 1.54) is 0 Å². The van der Waals surface area contributed by atoms with Crippen LogP contribution in [-0.2, 0) is 14.3 Å². The Morgan fingerprint density at radius 2 is 2.11 bits per heavy atom. The lowest BCUT2D eigenvalue weighted by Crippen LogP contribution is -2.46. The van der Waals surface area contributed by atoms with E-state index in [2.05, 4.69) is 13.2 Å².